The van der Waals surface area contributed by atoms with Crippen molar-refractivity contribution in [1.82, 2.24) is 0 Å². The van der Waals surface area contributed by atoms with Crippen molar-refractivity contribution in [3.8, 4) is 5.75 Å². The highest BCUT2D eigenvalue weighted by molar-refractivity contribution is 6.05. The molecule has 1 aliphatic carbocycles. The van der Waals surface area contributed by atoms with E-state index in [4.69, 9.17) is 4.74 Å². The highest BCUT2D eigenvalue weighted by Gasteiger charge is 2.41. The minimum Gasteiger partial charge on any atom is -0.489 e. The fourth-order valence-corrected chi connectivity index (χ4v) is 3.99. The number of aryl methyl sites for hydroxylation is 1. The second-order valence-corrected chi connectivity index (χ2v) is 6.77. The minimum absolute atomic E-state index is 0.0698. The van der Waals surface area contributed by atoms with Gasteiger partial charge in [-0.05, 0) is 30.5 Å². The molecular formula is C21H20O3. The molecule has 0 radical (unpaired) electrons. The van der Waals surface area contributed by atoms with Crippen molar-refractivity contribution in [2.75, 3.05) is 0 Å². The average Bonchev–Trinajstić information content (AvgIpc) is 2.72. The molecule has 3 heteroatoms. The quantitative estimate of drug-likeness (QED) is 0.747. The van der Waals surface area contributed by atoms with Crippen LogP contribution in [0.15, 0.2) is 42.5 Å². The Kier molecular flexibility index (Phi) is 3.72. The highest BCUT2D eigenvalue weighted by atomic mass is 16.5. The summed E-state index contributed by atoms with van der Waals surface area (Å²) in [5, 5.41) is 0. The smallest absolute Gasteiger partial charge is 0.144 e. The van der Waals surface area contributed by atoms with Crippen LogP contribution in [0.2, 0.25) is 0 Å². The summed E-state index contributed by atoms with van der Waals surface area (Å²) in [6.45, 7) is 2.50. The first kappa shape index (κ1) is 15.1. The van der Waals surface area contributed by atoms with Gasteiger partial charge in [0.2, 0.25) is 0 Å². The molecule has 1 saturated carbocycles. The van der Waals surface area contributed by atoms with E-state index >= 15 is 0 Å². The zero-order valence-electron chi connectivity index (χ0n) is 13.7. The fourth-order valence-electron chi connectivity index (χ4n) is 3.99. The third kappa shape index (κ3) is 2.44. The van der Waals surface area contributed by atoms with Crippen LogP contribution in [-0.4, -0.2) is 11.6 Å². The van der Waals surface area contributed by atoms with E-state index in [2.05, 4.69) is 6.07 Å². The number of hydrogen-bond acceptors (Lipinski definition) is 3. The Bertz CT molecular complexity index is 806. The lowest BCUT2D eigenvalue weighted by Crippen LogP contribution is -2.34. The third-order valence-corrected chi connectivity index (χ3v) is 5.15. The summed E-state index contributed by atoms with van der Waals surface area (Å²) in [5.74, 6) is 0.106. The molecule has 1 heterocycles. The summed E-state index contributed by atoms with van der Waals surface area (Å²) in [6, 6.07) is 14.1. The number of rotatable bonds is 1. The molecule has 0 N–H and O–H groups in total. The Morgan fingerprint density at radius 1 is 0.917 bits per heavy atom. The predicted octanol–water partition coefficient (Wildman–Crippen LogP) is 3.96. The first-order chi connectivity index (χ1) is 11.6. The van der Waals surface area contributed by atoms with Crippen LogP contribution in [0.3, 0.4) is 0 Å². The minimum atomic E-state index is -0.581. The van der Waals surface area contributed by atoms with Crippen molar-refractivity contribution in [3.05, 3.63) is 64.7 Å². The van der Waals surface area contributed by atoms with Gasteiger partial charge in [-0.3, -0.25) is 9.59 Å². The summed E-state index contributed by atoms with van der Waals surface area (Å²) in [6.07, 6.45) is 1.67. The number of carbonyl (C=O) groups excluding carboxylic acids is 2. The number of carbonyl (C=O) groups is 2. The van der Waals surface area contributed by atoms with E-state index in [0.717, 1.165) is 28.0 Å². The van der Waals surface area contributed by atoms with Gasteiger partial charge < -0.3 is 4.74 Å². The molecule has 2 aromatic rings. The molecule has 0 aromatic heterocycles. The number of benzene rings is 2. The van der Waals surface area contributed by atoms with E-state index in [1.165, 1.54) is 0 Å². The Balaban J connectivity index is 1.95. The lowest BCUT2D eigenvalue weighted by Gasteiger charge is -2.29. The van der Waals surface area contributed by atoms with Gasteiger partial charge in [-0.2, -0.15) is 0 Å². The summed E-state index contributed by atoms with van der Waals surface area (Å²) in [4.78, 5) is 25.3. The fraction of sp³-hybridized carbons (Fsp3) is 0.333. The maximum atomic E-state index is 12.7. The molecule has 0 saturated heterocycles. The Labute approximate surface area is 141 Å². The maximum Gasteiger partial charge on any atom is 0.144 e. The molecule has 1 fully saturated rings. The number of ketones is 2. The molecule has 0 amide bonds. The summed E-state index contributed by atoms with van der Waals surface area (Å²) >= 11 is 0. The molecule has 4 rings (SSSR count). The first-order valence-corrected chi connectivity index (χ1v) is 8.52. The lowest BCUT2D eigenvalue weighted by atomic mass is 9.71. The largest absolute Gasteiger partial charge is 0.489 e. The van der Waals surface area contributed by atoms with E-state index < -0.39 is 5.92 Å². The molecular weight excluding hydrogens is 300 g/mol. The van der Waals surface area contributed by atoms with Crippen LogP contribution in [0.25, 0.3) is 0 Å². The second kappa shape index (κ2) is 5.90. The van der Waals surface area contributed by atoms with Gasteiger partial charge in [-0.15, -0.1) is 0 Å². The first-order valence-electron chi connectivity index (χ1n) is 8.52. The van der Waals surface area contributed by atoms with Crippen LogP contribution < -0.4 is 4.74 Å². The van der Waals surface area contributed by atoms with Crippen LogP contribution in [0, 0.1) is 12.8 Å². The zero-order chi connectivity index (χ0) is 16.7. The van der Waals surface area contributed by atoms with Gasteiger partial charge in [0.1, 0.15) is 23.9 Å². The normalized spacial score (nSPS) is 20.8. The van der Waals surface area contributed by atoms with Gasteiger partial charge in [0.15, 0.2) is 0 Å². The predicted molar refractivity (Wildman–Crippen MR) is 91.2 cm³/mol. The Hall–Kier alpha value is -2.42. The zero-order valence-corrected chi connectivity index (χ0v) is 13.7. The number of ether oxygens (including phenoxy) is 1. The molecule has 2 aromatic carbocycles. The van der Waals surface area contributed by atoms with Crippen molar-refractivity contribution in [1.29, 1.82) is 0 Å². The second-order valence-electron chi connectivity index (χ2n) is 6.77. The van der Waals surface area contributed by atoms with Crippen LogP contribution >= 0.6 is 0 Å². The molecule has 1 unspecified atom stereocenters. The molecule has 0 spiro atoms. The molecule has 1 aliphatic heterocycles. The van der Waals surface area contributed by atoms with Gasteiger partial charge in [-0.25, -0.2) is 0 Å². The molecule has 1 atom stereocenters. The number of hydrogen-bond donors (Lipinski definition) is 0. The molecule has 122 valence electrons. The topological polar surface area (TPSA) is 43.4 Å². The van der Waals surface area contributed by atoms with E-state index in [1.54, 1.807) is 0 Å². The SMILES string of the molecule is Cc1ccc2c(c1)C(C1C(=O)CCCC1=O)c1ccccc1CO2. The van der Waals surface area contributed by atoms with E-state index in [9.17, 15) is 9.59 Å². The average molecular weight is 320 g/mol. The summed E-state index contributed by atoms with van der Waals surface area (Å²) in [5.41, 5.74) is 4.18. The standard InChI is InChI=1S/C21H20O3/c1-13-9-10-19-16(11-13)20(21-17(22)7-4-8-18(21)23)15-6-3-2-5-14(15)12-24-19/h2-3,5-6,9-11,20-21H,4,7-8,12H2,1H3. The van der Waals surface area contributed by atoms with Crippen molar-refractivity contribution < 1.29 is 14.3 Å². The lowest BCUT2D eigenvalue weighted by molar-refractivity contribution is -0.136. The number of fused-ring (bicyclic) bond motifs is 2. The van der Waals surface area contributed by atoms with Gasteiger partial charge in [0.05, 0.1) is 5.92 Å². The van der Waals surface area contributed by atoms with Crippen molar-refractivity contribution in [3.63, 3.8) is 0 Å². The molecule has 24 heavy (non-hydrogen) atoms. The van der Waals surface area contributed by atoms with Crippen molar-refractivity contribution in [2.24, 2.45) is 5.92 Å². The monoisotopic (exact) mass is 320 g/mol. The Morgan fingerprint density at radius 2 is 1.67 bits per heavy atom. The van der Waals surface area contributed by atoms with Crippen LogP contribution in [0.1, 0.15) is 47.4 Å². The number of Topliss-reactive ketones (excluding diaryl/α,β-unsaturated/α-hetero) is 2. The summed E-state index contributed by atoms with van der Waals surface area (Å²) < 4.78 is 6.00. The molecule has 0 bridgehead atoms. The van der Waals surface area contributed by atoms with Gasteiger partial charge in [0, 0.05) is 24.3 Å². The maximum absolute atomic E-state index is 12.7. The van der Waals surface area contributed by atoms with Crippen LogP contribution in [0.5, 0.6) is 5.75 Å². The highest BCUT2D eigenvalue weighted by Crippen LogP contribution is 2.44. The van der Waals surface area contributed by atoms with Crippen LogP contribution in [-0.2, 0) is 16.2 Å². The van der Waals surface area contributed by atoms with Crippen molar-refractivity contribution in [2.45, 2.75) is 38.7 Å². The Morgan fingerprint density at radius 3 is 2.46 bits per heavy atom. The van der Waals surface area contributed by atoms with Gasteiger partial charge in [0.25, 0.3) is 0 Å². The summed E-state index contributed by atoms with van der Waals surface area (Å²) in [7, 11) is 0. The molecule has 2 aliphatic rings. The van der Waals surface area contributed by atoms with Crippen molar-refractivity contribution >= 4 is 11.6 Å². The molecule has 3 nitrogen and oxygen atoms in total. The van der Waals surface area contributed by atoms with E-state index in [-0.39, 0.29) is 17.5 Å². The van der Waals surface area contributed by atoms with E-state index in [0.29, 0.717) is 25.9 Å². The van der Waals surface area contributed by atoms with Gasteiger partial charge in [-0.1, -0.05) is 42.0 Å². The van der Waals surface area contributed by atoms with Crippen LogP contribution in [0.4, 0.5) is 0 Å². The third-order valence-electron chi connectivity index (χ3n) is 5.15. The van der Waals surface area contributed by atoms with Gasteiger partial charge >= 0.3 is 0 Å². The van der Waals surface area contributed by atoms with E-state index in [1.807, 2.05) is 43.3 Å².